The normalized spacial score (nSPS) is 17.4. The van der Waals surface area contributed by atoms with Crippen LogP contribution in [0.4, 0.5) is 0 Å². The van der Waals surface area contributed by atoms with Gasteiger partial charge in [-0.25, -0.2) is 0 Å². The highest BCUT2D eigenvalue weighted by atomic mass is 32.1. The molecule has 2 aromatic carbocycles. The van der Waals surface area contributed by atoms with Crippen LogP contribution in [-0.2, 0) is 0 Å². The summed E-state index contributed by atoms with van der Waals surface area (Å²) in [5.74, 6) is 0.212. The van der Waals surface area contributed by atoms with Crippen molar-refractivity contribution in [3.63, 3.8) is 0 Å². The Balaban J connectivity index is 1.14. The van der Waals surface area contributed by atoms with Crippen molar-refractivity contribution < 1.29 is 9.59 Å². The number of benzene rings is 2. The largest absolute Gasteiger partial charge is 0.336 e. The Kier molecular flexibility index (Phi) is 5.57. The van der Waals surface area contributed by atoms with Crippen LogP contribution in [-0.4, -0.2) is 71.8 Å². The zero-order valence-corrected chi connectivity index (χ0v) is 18.1. The van der Waals surface area contributed by atoms with Crippen LogP contribution >= 0.6 is 11.3 Å². The van der Waals surface area contributed by atoms with E-state index in [9.17, 15) is 9.59 Å². The summed E-state index contributed by atoms with van der Waals surface area (Å²) in [6.07, 6.45) is 0. The predicted octanol–water partition coefficient (Wildman–Crippen LogP) is 3.70. The lowest BCUT2D eigenvalue weighted by Crippen LogP contribution is -2.64. The Morgan fingerprint density at radius 3 is 2.16 bits per heavy atom. The average molecular weight is 432 g/mol. The molecular formula is C25H25N3O2S. The monoisotopic (exact) mass is 431 g/mol. The molecule has 0 radical (unpaired) electrons. The van der Waals surface area contributed by atoms with E-state index in [-0.39, 0.29) is 11.8 Å². The highest BCUT2D eigenvalue weighted by Crippen LogP contribution is 2.27. The molecule has 6 heteroatoms. The molecule has 31 heavy (non-hydrogen) atoms. The molecule has 0 aliphatic carbocycles. The minimum Gasteiger partial charge on any atom is -0.336 e. The van der Waals surface area contributed by atoms with Crippen LogP contribution in [0, 0.1) is 0 Å². The Labute approximate surface area is 186 Å². The van der Waals surface area contributed by atoms with Gasteiger partial charge < -0.3 is 9.80 Å². The molecule has 2 aliphatic heterocycles. The first-order valence-electron chi connectivity index (χ1n) is 10.7. The van der Waals surface area contributed by atoms with Gasteiger partial charge in [0.25, 0.3) is 11.8 Å². The second kappa shape index (κ2) is 8.65. The number of likely N-dealkylation sites (tertiary alicyclic amines) is 1. The van der Waals surface area contributed by atoms with Gasteiger partial charge >= 0.3 is 0 Å². The number of thiophene rings is 1. The Morgan fingerprint density at radius 2 is 1.45 bits per heavy atom. The highest BCUT2D eigenvalue weighted by molar-refractivity contribution is 7.13. The van der Waals surface area contributed by atoms with Gasteiger partial charge in [0.1, 0.15) is 0 Å². The number of piperazine rings is 1. The molecule has 3 heterocycles. The fourth-order valence-corrected chi connectivity index (χ4v) is 5.06. The summed E-state index contributed by atoms with van der Waals surface area (Å²) in [6.45, 7) is 4.71. The van der Waals surface area contributed by atoms with Gasteiger partial charge in [-0.1, -0.05) is 36.4 Å². The molecule has 2 amide bonds. The zero-order valence-electron chi connectivity index (χ0n) is 17.3. The van der Waals surface area contributed by atoms with Crippen molar-refractivity contribution in [2.45, 2.75) is 6.04 Å². The Hall–Kier alpha value is -2.96. The molecule has 2 saturated heterocycles. The molecule has 5 rings (SSSR count). The maximum Gasteiger partial charge on any atom is 0.253 e. The Bertz CT molecular complexity index is 1050. The third kappa shape index (κ3) is 4.13. The van der Waals surface area contributed by atoms with Crippen molar-refractivity contribution in [2.24, 2.45) is 0 Å². The second-order valence-electron chi connectivity index (χ2n) is 8.12. The first-order chi connectivity index (χ1) is 15.2. The van der Waals surface area contributed by atoms with E-state index in [2.05, 4.69) is 22.4 Å². The van der Waals surface area contributed by atoms with Gasteiger partial charge in [-0.15, -0.1) is 11.3 Å². The number of nitrogens with zero attached hydrogens (tertiary/aromatic N) is 3. The molecule has 158 valence electrons. The average Bonchev–Trinajstić information content (AvgIpc) is 3.34. The maximum atomic E-state index is 12.9. The maximum absolute atomic E-state index is 12.9. The number of rotatable bonds is 4. The van der Waals surface area contributed by atoms with Crippen molar-refractivity contribution in [1.29, 1.82) is 0 Å². The third-order valence-corrected chi connectivity index (χ3v) is 7.12. The lowest BCUT2D eigenvalue weighted by atomic mass is 10.0. The smallest absolute Gasteiger partial charge is 0.253 e. The van der Waals surface area contributed by atoms with Gasteiger partial charge in [-0.2, -0.15) is 0 Å². The first kappa shape index (κ1) is 20.0. The number of hydrogen-bond donors (Lipinski definition) is 0. The predicted molar refractivity (Wildman–Crippen MR) is 123 cm³/mol. The minimum absolute atomic E-state index is 0.104. The summed E-state index contributed by atoms with van der Waals surface area (Å²) in [4.78, 5) is 33.0. The van der Waals surface area contributed by atoms with Gasteiger partial charge in [0.05, 0.1) is 0 Å². The number of carbonyl (C=O) groups excluding carboxylic acids is 2. The molecule has 0 N–H and O–H groups in total. The van der Waals surface area contributed by atoms with E-state index in [4.69, 9.17) is 0 Å². The van der Waals surface area contributed by atoms with Crippen LogP contribution in [0.5, 0.6) is 0 Å². The standard InChI is InChI=1S/C25H25N3O2S/c29-24(19-6-2-1-3-7-19)27-13-11-26(12-14-27)22-17-28(18-22)25(30)21-9-4-8-20(16-21)23-10-5-15-31-23/h1-10,15-16,22H,11-14,17-18H2. The van der Waals surface area contributed by atoms with Crippen molar-refractivity contribution >= 4 is 23.2 Å². The van der Waals surface area contributed by atoms with Crippen LogP contribution < -0.4 is 0 Å². The molecule has 0 atom stereocenters. The van der Waals surface area contributed by atoms with Gasteiger partial charge in [-0.3, -0.25) is 14.5 Å². The summed E-state index contributed by atoms with van der Waals surface area (Å²) in [5.41, 5.74) is 2.60. The molecule has 0 bridgehead atoms. The molecule has 0 saturated carbocycles. The van der Waals surface area contributed by atoms with Crippen LogP contribution in [0.15, 0.2) is 72.1 Å². The van der Waals surface area contributed by atoms with Crippen molar-refractivity contribution in [3.05, 3.63) is 83.2 Å². The van der Waals surface area contributed by atoms with E-state index in [1.807, 2.05) is 64.4 Å². The van der Waals surface area contributed by atoms with E-state index in [1.54, 1.807) is 11.3 Å². The molecule has 3 aromatic rings. The molecular weight excluding hydrogens is 406 g/mol. The van der Waals surface area contributed by atoms with E-state index >= 15 is 0 Å². The second-order valence-corrected chi connectivity index (χ2v) is 9.06. The summed E-state index contributed by atoms with van der Waals surface area (Å²) in [5, 5.41) is 2.05. The lowest BCUT2D eigenvalue weighted by molar-refractivity contribution is 0.00854. The molecule has 0 spiro atoms. The van der Waals surface area contributed by atoms with Crippen LogP contribution in [0.25, 0.3) is 10.4 Å². The third-order valence-electron chi connectivity index (χ3n) is 6.20. The van der Waals surface area contributed by atoms with Gasteiger partial charge in [0, 0.05) is 61.3 Å². The topological polar surface area (TPSA) is 43.9 Å². The fourth-order valence-electron chi connectivity index (χ4n) is 4.34. The summed E-state index contributed by atoms with van der Waals surface area (Å²) < 4.78 is 0. The van der Waals surface area contributed by atoms with E-state index in [0.717, 1.165) is 56.0 Å². The molecule has 2 aliphatic rings. The minimum atomic E-state index is 0.104. The number of hydrogen-bond acceptors (Lipinski definition) is 4. The van der Waals surface area contributed by atoms with Gasteiger partial charge in [-0.05, 0) is 41.3 Å². The SMILES string of the molecule is O=C(c1ccccc1)N1CCN(C2CN(C(=O)c3cccc(-c4cccs4)c3)C2)CC1. The molecule has 1 aromatic heterocycles. The van der Waals surface area contributed by atoms with Crippen LogP contribution in [0.3, 0.4) is 0 Å². The van der Waals surface area contributed by atoms with Crippen LogP contribution in [0.1, 0.15) is 20.7 Å². The van der Waals surface area contributed by atoms with E-state index in [0.29, 0.717) is 6.04 Å². The lowest BCUT2D eigenvalue weighted by Gasteiger charge is -2.48. The van der Waals surface area contributed by atoms with E-state index < -0.39 is 0 Å². The van der Waals surface area contributed by atoms with Crippen LogP contribution in [0.2, 0.25) is 0 Å². The molecule has 0 unspecified atom stereocenters. The summed E-state index contributed by atoms with van der Waals surface area (Å²) in [6, 6.07) is 21.9. The molecule has 5 nitrogen and oxygen atoms in total. The van der Waals surface area contributed by atoms with E-state index in [1.165, 1.54) is 4.88 Å². The van der Waals surface area contributed by atoms with Gasteiger partial charge in [0.15, 0.2) is 0 Å². The zero-order chi connectivity index (χ0) is 21.2. The van der Waals surface area contributed by atoms with Crippen molar-refractivity contribution in [3.8, 4) is 10.4 Å². The summed E-state index contributed by atoms with van der Waals surface area (Å²) in [7, 11) is 0. The summed E-state index contributed by atoms with van der Waals surface area (Å²) >= 11 is 1.68. The number of carbonyl (C=O) groups is 2. The molecule has 2 fully saturated rings. The van der Waals surface area contributed by atoms with Gasteiger partial charge in [0.2, 0.25) is 0 Å². The number of amides is 2. The quantitative estimate of drug-likeness (QED) is 0.633. The van der Waals surface area contributed by atoms with Crippen molar-refractivity contribution in [2.75, 3.05) is 39.3 Å². The highest BCUT2D eigenvalue weighted by Gasteiger charge is 2.37. The first-order valence-corrected chi connectivity index (χ1v) is 11.6. The fraction of sp³-hybridized carbons (Fsp3) is 0.280. The van der Waals surface area contributed by atoms with Crippen molar-refractivity contribution in [1.82, 2.24) is 14.7 Å². The Morgan fingerprint density at radius 1 is 0.742 bits per heavy atom.